The van der Waals surface area contributed by atoms with Crippen molar-refractivity contribution in [2.24, 2.45) is 5.84 Å². The van der Waals surface area contributed by atoms with Crippen LogP contribution in [0.25, 0.3) is 0 Å². The summed E-state index contributed by atoms with van der Waals surface area (Å²) in [5, 5.41) is 0.174. The Balaban J connectivity index is 2.26. The Labute approximate surface area is 130 Å². The zero-order valence-corrected chi connectivity index (χ0v) is 13.7. The maximum absolute atomic E-state index is 12.6. The maximum atomic E-state index is 12.6. The number of likely N-dealkylation sites (tertiary alicyclic amines) is 1. The van der Waals surface area contributed by atoms with Crippen LogP contribution in [0.4, 0.5) is 5.82 Å². The Morgan fingerprint density at radius 3 is 2.86 bits per heavy atom. The highest BCUT2D eigenvalue weighted by atomic mass is 35.5. The third-order valence-electron chi connectivity index (χ3n) is 3.74. The molecule has 1 aromatic rings. The van der Waals surface area contributed by atoms with E-state index in [-0.39, 0.29) is 21.8 Å². The van der Waals surface area contributed by atoms with Gasteiger partial charge in [-0.25, -0.2) is 19.2 Å². The lowest BCUT2D eigenvalue weighted by molar-refractivity contribution is 0.187. The van der Waals surface area contributed by atoms with E-state index >= 15 is 0 Å². The number of pyridine rings is 1. The first-order chi connectivity index (χ1) is 9.86. The highest BCUT2D eigenvalue weighted by molar-refractivity contribution is 7.89. The van der Waals surface area contributed by atoms with Crippen LogP contribution in [0.5, 0.6) is 0 Å². The fraction of sp³-hybridized carbons (Fsp3) is 0.583. The number of nitrogen functional groups attached to an aromatic ring is 1. The Morgan fingerprint density at radius 2 is 2.29 bits per heavy atom. The second-order valence-corrected chi connectivity index (χ2v) is 7.63. The fourth-order valence-electron chi connectivity index (χ4n) is 2.47. The molecule has 1 fully saturated rings. The van der Waals surface area contributed by atoms with E-state index in [0.29, 0.717) is 0 Å². The molecule has 1 aromatic heterocycles. The standard InChI is InChI=1S/C12H20ClN5O2S/c1-17-5-3-4-9(8-17)18(2)21(19,20)10-6-11(13)12(16-14)15-7-10/h6-7,9H,3-5,8,14H2,1-2H3,(H,15,16). The van der Waals surface area contributed by atoms with Crippen LogP contribution in [0.3, 0.4) is 0 Å². The Hall–Kier alpha value is -0.930. The van der Waals surface area contributed by atoms with E-state index in [1.54, 1.807) is 7.05 Å². The highest BCUT2D eigenvalue weighted by Gasteiger charge is 2.31. The van der Waals surface area contributed by atoms with E-state index in [1.807, 2.05) is 7.05 Å². The summed E-state index contributed by atoms with van der Waals surface area (Å²) >= 11 is 5.95. The Morgan fingerprint density at radius 1 is 1.57 bits per heavy atom. The van der Waals surface area contributed by atoms with Gasteiger partial charge in [0, 0.05) is 25.8 Å². The topological polar surface area (TPSA) is 91.6 Å². The second kappa shape index (κ2) is 6.45. The smallest absolute Gasteiger partial charge is 0.244 e. The molecule has 1 saturated heterocycles. The minimum absolute atomic E-state index is 0.0418. The molecule has 21 heavy (non-hydrogen) atoms. The van der Waals surface area contributed by atoms with Crippen molar-refractivity contribution in [1.82, 2.24) is 14.2 Å². The van der Waals surface area contributed by atoms with E-state index in [9.17, 15) is 8.42 Å². The molecule has 0 aromatic carbocycles. The quantitative estimate of drug-likeness (QED) is 0.623. The van der Waals surface area contributed by atoms with Crippen LogP contribution < -0.4 is 11.3 Å². The second-order valence-electron chi connectivity index (χ2n) is 5.23. The van der Waals surface area contributed by atoms with Gasteiger partial charge in [-0.1, -0.05) is 11.6 Å². The van der Waals surface area contributed by atoms with Gasteiger partial charge in [-0.05, 0) is 32.5 Å². The number of nitrogens with two attached hydrogens (primary N) is 1. The summed E-state index contributed by atoms with van der Waals surface area (Å²) in [7, 11) is -0.0262. The van der Waals surface area contributed by atoms with Crippen LogP contribution in [0, 0.1) is 0 Å². The van der Waals surface area contributed by atoms with Gasteiger partial charge in [0.05, 0.1) is 5.02 Å². The molecule has 1 unspecified atom stereocenters. The number of halogens is 1. The molecule has 1 aliphatic heterocycles. The van der Waals surface area contributed by atoms with Crippen LogP contribution in [-0.2, 0) is 10.0 Å². The molecule has 1 aliphatic rings. The van der Waals surface area contributed by atoms with Crippen LogP contribution >= 0.6 is 11.6 Å². The van der Waals surface area contributed by atoms with Crippen LogP contribution in [-0.4, -0.2) is 55.8 Å². The summed E-state index contributed by atoms with van der Waals surface area (Å²) < 4.78 is 26.7. The third-order valence-corrected chi connectivity index (χ3v) is 5.91. The summed E-state index contributed by atoms with van der Waals surface area (Å²) in [6, 6.07) is 1.32. The van der Waals surface area contributed by atoms with Crippen molar-refractivity contribution in [3.05, 3.63) is 17.3 Å². The van der Waals surface area contributed by atoms with Gasteiger partial charge in [0.15, 0.2) is 5.82 Å². The normalized spacial score (nSPS) is 20.7. The minimum Gasteiger partial charge on any atom is -0.307 e. The van der Waals surface area contributed by atoms with Gasteiger partial charge in [-0.15, -0.1) is 0 Å². The van der Waals surface area contributed by atoms with Crippen molar-refractivity contribution in [1.29, 1.82) is 0 Å². The van der Waals surface area contributed by atoms with Gasteiger partial charge < -0.3 is 10.3 Å². The van der Waals surface area contributed by atoms with Gasteiger partial charge in [-0.3, -0.25) is 0 Å². The molecular weight excluding hydrogens is 314 g/mol. The van der Waals surface area contributed by atoms with Gasteiger partial charge in [0.1, 0.15) is 4.90 Å². The van der Waals surface area contributed by atoms with Crippen LogP contribution in [0.1, 0.15) is 12.8 Å². The summed E-state index contributed by atoms with van der Waals surface area (Å²) in [4.78, 5) is 6.12. The van der Waals surface area contributed by atoms with Gasteiger partial charge in [-0.2, -0.15) is 4.31 Å². The predicted octanol–water partition coefficient (Wildman–Crippen LogP) is 0.735. The number of nitrogens with one attached hydrogen (secondary N) is 1. The van der Waals surface area contributed by atoms with Crippen molar-refractivity contribution in [3.8, 4) is 0 Å². The summed E-state index contributed by atoms with van der Waals surface area (Å²) in [6.45, 7) is 1.72. The van der Waals surface area contributed by atoms with E-state index in [0.717, 1.165) is 25.9 Å². The fourth-order valence-corrected chi connectivity index (χ4v) is 4.10. The molecule has 3 N–H and O–H groups in total. The number of aromatic nitrogens is 1. The third kappa shape index (κ3) is 3.46. The number of piperidine rings is 1. The molecule has 2 rings (SSSR count). The lowest BCUT2D eigenvalue weighted by Crippen LogP contribution is -2.47. The number of hydrogen-bond acceptors (Lipinski definition) is 6. The molecule has 1 atom stereocenters. The molecule has 7 nitrogen and oxygen atoms in total. The molecule has 0 bridgehead atoms. The molecule has 0 saturated carbocycles. The molecule has 0 amide bonds. The molecule has 0 spiro atoms. The lowest BCUT2D eigenvalue weighted by atomic mass is 10.1. The number of hydrogen-bond donors (Lipinski definition) is 2. The van der Waals surface area contributed by atoms with Crippen molar-refractivity contribution >= 4 is 27.4 Å². The molecular formula is C12H20ClN5O2S. The van der Waals surface area contributed by atoms with E-state index in [4.69, 9.17) is 17.4 Å². The van der Waals surface area contributed by atoms with Crippen LogP contribution in [0.2, 0.25) is 5.02 Å². The Kier molecular flexibility index (Phi) is 5.05. The molecule has 2 heterocycles. The molecule has 0 radical (unpaired) electrons. The van der Waals surface area contributed by atoms with Crippen LogP contribution in [0.15, 0.2) is 17.2 Å². The van der Waals surface area contributed by atoms with Crippen molar-refractivity contribution in [3.63, 3.8) is 0 Å². The van der Waals surface area contributed by atoms with E-state index in [1.165, 1.54) is 16.6 Å². The average molecular weight is 334 g/mol. The first-order valence-electron chi connectivity index (χ1n) is 6.65. The number of rotatable bonds is 4. The average Bonchev–Trinajstić information content (AvgIpc) is 2.46. The van der Waals surface area contributed by atoms with E-state index < -0.39 is 10.0 Å². The first-order valence-corrected chi connectivity index (χ1v) is 8.47. The van der Waals surface area contributed by atoms with Crippen molar-refractivity contribution in [2.75, 3.05) is 32.6 Å². The number of likely N-dealkylation sites (N-methyl/N-ethyl adjacent to an activating group) is 2. The van der Waals surface area contributed by atoms with Crippen molar-refractivity contribution < 1.29 is 8.42 Å². The Bertz CT molecular complexity index is 610. The molecule has 0 aliphatic carbocycles. The SMILES string of the molecule is CN1CCCC(N(C)S(=O)(=O)c2cnc(NN)c(Cl)c2)C1. The zero-order chi connectivity index (χ0) is 15.6. The number of anilines is 1. The lowest BCUT2D eigenvalue weighted by Gasteiger charge is -2.35. The number of hydrazine groups is 1. The van der Waals surface area contributed by atoms with Crippen molar-refractivity contribution in [2.45, 2.75) is 23.8 Å². The largest absolute Gasteiger partial charge is 0.307 e. The summed E-state index contributed by atoms with van der Waals surface area (Å²) in [5.41, 5.74) is 2.31. The van der Waals surface area contributed by atoms with Gasteiger partial charge in [0.2, 0.25) is 10.0 Å². The number of nitrogens with zero attached hydrogens (tertiary/aromatic N) is 3. The zero-order valence-electron chi connectivity index (χ0n) is 12.1. The van der Waals surface area contributed by atoms with Gasteiger partial charge >= 0.3 is 0 Å². The van der Waals surface area contributed by atoms with Gasteiger partial charge in [0.25, 0.3) is 0 Å². The monoisotopic (exact) mass is 333 g/mol. The number of sulfonamides is 1. The highest BCUT2D eigenvalue weighted by Crippen LogP contribution is 2.26. The summed E-state index contributed by atoms with van der Waals surface area (Å²) in [5.74, 6) is 5.49. The first kappa shape index (κ1) is 16.4. The molecule has 118 valence electrons. The molecule has 9 heteroatoms. The summed E-state index contributed by atoms with van der Waals surface area (Å²) in [6.07, 6.45) is 3.10. The predicted molar refractivity (Wildman–Crippen MR) is 82.5 cm³/mol. The minimum atomic E-state index is -3.62. The van der Waals surface area contributed by atoms with E-state index in [2.05, 4.69) is 15.3 Å². The maximum Gasteiger partial charge on any atom is 0.244 e.